The van der Waals surface area contributed by atoms with Crippen molar-refractivity contribution in [2.24, 2.45) is 5.92 Å². The van der Waals surface area contributed by atoms with Crippen molar-refractivity contribution in [3.8, 4) is 0 Å². The Labute approximate surface area is 95.6 Å². The zero-order chi connectivity index (χ0) is 12.1. The number of nitrogens with one attached hydrogen (secondary N) is 2. The van der Waals surface area contributed by atoms with Crippen molar-refractivity contribution in [3.63, 3.8) is 0 Å². The van der Waals surface area contributed by atoms with Crippen molar-refractivity contribution in [2.45, 2.75) is 45.2 Å². The largest absolute Gasteiger partial charge is 0.480 e. The average Bonchev–Trinajstić information content (AvgIpc) is 2.73. The lowest BCUT2D eigenvalue weighted by Gasteiger charge is -1.99. The third-order valence-electron chi connectivity index (χ3n) is 2.62. The zero-order valence-corrected chi connectivity index (χ0v) is 9.82. The van der Waals surface area contributed by atoms with Gasteiger partial charge in [-0.3, -0.25) is 9.59 Å². The SMILES string of the molecule is CC(C)CC1NC1=O.O=C(O)[C@@H]1CCCN1. The van der Waals surface area contributed by atoms with Crippen LogP contribution in [0.5, 0.6) is 0 Å². The highest BCUT2D eigenvalue weighted by atomic mass is 16.4. The molecule has 2 aliphatic heterocycles. The number of hydrogen-bond donors (Lipinski definition) is 3. The lowest BCUT2D eigenvalue weighted by molar-refractivity contribution is -0.139. The van der Waals surface area contributed by atoms with Crippen LogP contribution in [0.3, 0.4) is 0 Å². The van der Waals surface area contributed by atoms with E-state index in [0.29, 0.717) is 5.92 Å². The van der Waals surface area contributed by atoms with Crippen molar-refractivity contribution in [3.05, 3.63) is 0 Å². The molecule has 2 atom stereocenters. The molecule has 0 radical (unpaired) electrons. The second kappa shape index (κ2) is 5.84. The summed E-state index contributed by atoms with van der Waals surface area (Å²) in [6.45, 7) is 5.09. The predicted molar refractivity (Wildman–Crippen MR) is 60.0 cm³/mol. The van der Waals surface area contributed by atoms with Gasteiger partial charge in [-0.1, -0.05) is 13.8 Å². The fourth-order valence-electron chi connectivity index (χ4n) is 1.66. The van der Waals surface area contributed by atoms with Gasteiger partial charge in [0.1, 0.15) is 12.1 Å². The molecule has 0 aromatic heterocycles. The standard InChI is InChI=1S/C6H11NO.C5H9NO2/c1-4(2)3-5-6(8)7-5;7-5(8)4-2-1-3-6-4/h4-5H,3H2,1-2H3,(H,7,8);4,6H,1-3H2,(H,7,8)/t;4-/m.0/s1. The maximum atomic E-state index is 10.3. The Kier molecular flexibility index (Phi) is 4.73. The molecule has 5 heteroatoms. The molecule has 5 nitrogen and oxygen atoms in total. The number of carboxylic acid groups (broad SMARTS) is 1. The van der Waals surface area contributed by atoms with Crippen molar-refractivity contribution in [2.75, 3.05) is 6.54 Å². The van der Waals surface area contributed by atoms with Crippen LogP contribution >= 0.6 is 0 Å². The Balaban J connectivity index is 0.000000160. The van der Waals surface area contributed by atoms with Gasteiger partial charge in [-0.2, -0.15) is 0 Å². The van der Waals surface area contributed by atoms with Crippen LogP contribution in [0.4, 0.5) is 0 Å². The van der Waals surface area contributed by atoms with Crippen molar-refractivity contribution in [1.82, 2.24) is 10.6 Å². The molecule has 2 saturated heterocycles. The van der Waals surface area contributed by atoms with E-state index in [2.05, 4.69) is 24.5 Å². The molecule has 1 amide bonds. The summed E-state index contributed by atoms with van der Waals surface area (Å²) in [4.78, 5) is 20.5. The van der Waals surface area contributed by atoms with Gasteiger partial charge >= 0.3 is 5.97 Å². The molecule has 2 rings (SSSR count). The van der Waals surface area contributed by atoms with Gasteiger partial charge in [0.05, 0.1) is 0 Å². The number of carbonyl (C=O) groups excluding carboxylic acids is 1. The molecule has 3 N–H and O–H groups in total. The minimum atomic E-state index is -0.720. The molecule has 92 valence electrons. The van der Waals surface area contributed by atoms with Crippen LogP contribution in [-0.4, -0.2) is 35.6 Å². The predicted octanol–water partition coefficient (Wildman–Crippen LogP) is 0.354. The van der Waals surface area contributed by atoms with Gasteiger partial charge in [-0.05, 0) is 31.7 Å². The zero-order valence-electron chi connectivity index (χ0n) is 9.82. The van der Waals surface area contributed by atoms with E-state index in [4.69, 9.17) is 5.11 Å². The highest BCUT2D eigenvalue weighted by Gasteiger charge is 2.33. The van der Waals surface area contributed by atoms with E-state index < -0.39 is 5.97 Å². The summed E-state index contributed by atoms with van der Waals surface area (Å²) in [5.74, 6) is 0.139. The van der Waals surface area contributed by atoms with Crippen molar-refractivity contribution in [1.29, 1.82) is 0 Å². The quantitative estimate of drug-likeness (QED) is 0.608. The lowest BCUT2D eigenvalue weighted by Crippen LogP contribution is -2.29. The second-order valence-electron chi connectivity index (χ2n) is 4.68. The van der Waals surface area contributed by atoms with Gasteiger partial charge in [0.2, 0.25) is 5.91 Å². The monoisotopic (exact) mass is 228 g/mol. The number of amides is 1. The molecule has 2 aliphatic rings. The maximum absolute atomic E-state index is 10.3. The molecular formula is C11H20N2O3. The van der Waals surface area contributed by atoms with E-state index in [0.717, 1.165) is 25.8 Å². The fourth-order valence-corrected chi connectivity index (χ4v) is 1.66. The van der Waals surface area contributed by atoms with E-state index in [1.807, 2.05) is 0 Å². The van der Waals surface area contributed by atoms with Gasteiger partial charge in [0, 0.05) is 0 Å². The maximum Gasteiger partial charge on any atom is 0.320 e. The van der Waals surface area contributed by atoms with Crippen LogP contribution in [0.1, 0.15) is 33.1 Å². The van der Waals surface area contributed by atoms with Crippen LogP contribution < -0.4 is 10.6 Å². The first-order valence-electron chi connectivity index (χ1n) is 5.77. The number of carboxylic acids is 1. The molecule has 2 fully saturated rings. The molecule has 0 aromatic carbocycles. The van der Waals surface area contributed by atoms with Crippen LogP contribution in [0.2, 0.25) is 0 Å². The summed E-state index contributed by atoms with van der Waals surface area (Å²) in [6.07, 6.45) is 2.78. The summed E-state index contributed by atoms with van der Waals surface area (Å²) < 4.78 is 0. The van der Waals surface area contributed by atoms with Crippen molar-refractivity contribution >= 4 is 11.9 Å². The Morgan fingerprint density at radius 2 is 2.19 bits per heavy atom. The summed E-state index contributed by atoms with van der Waals surface area (Å²) >= 11 is 0. The molecule has 16 heavy (non-hydrogen) atoms. The number of rotatable bonds is 3. The van der Waals surface area contributed by atoms with E-state index in [-0.39, 0.29) is 18.0 Å². The first-order chi connectivity index (χ1) is 7.50. The summed E-state index contributed by atoms with van der Waals surface area (Å²) in [5.41, 5.74) is 0. The van der Waals surface area contributed by atoms with Gasteiger partial charge in [-0.25, -0.2) is 0 Å². The van der Waals surface area contributed by atoms with Crippen LogP contribution in [0.25, 0.3) is 0 Å². The van der Waals surface area contributed by atoms with Crippen LogP contribution in [-0.2, 0) is 9.59 Å². The lowest BCUT2D eigenvalue weighted by atomic mass is 10.1. The highest BCUT2D eigenvalue weighted by molar-refractivity contribution is 5.96. The summed E-state index contributed by atoms with van der Waals surface area (Å²) in [6, 6.07) is -0.0648. The molecule has 0 aliphatic carbocycles. The number of aliphatic carboxylic acids is 1. The van der Waals surface area contributed by atoms with Crippen molar-refractivity contribution < 1.29 is 14.7 Å². The van der Waals surface area contributed by atoms with Crippen LogP contribution in [0, 0.1) is 5.92 Å². The third-order valence-corrected chi connectivity index (χ3v) is 2.62. The molecule has 0 bridgehead atoms. The topological polar surface area (TPSA) is 88.3 Å². The smallest absolute Gasteiger partial charge is 0.320 e. The molecular weight excluding hydrogens is 208 g/mol. The van der Waals surface area contributed by atoms with Gasteiger partial charge in [-0.15, -0.1) is 0 Å². The molecule has 0 saturated carbocycles. The summed E-state index contributed by atoms with van der Waals surface area (Å²) in [5, 5.41) is 13.9. The minimum Gasteiger partial charge on any atom is -0.480 e. The van der Waals surface area contributed by atoms with E-state index >= 15 is 0 Å². The molecule has 1 unspecified atom stereocenters. The Bertz CT molecular complexity index is 260. The highest BCUT2D eigenvalue weighted by Crippen LogP contribution is 2.12. The fraction of sp³-hybridized carbons (Fsp3) is 0.818. The normalized spacial score (nSPS) is 27.1. The Hall–Kier alpha value is -1.10. The second-order valence-corrected chi connectivity index (χ2v) is 4.68. The third kappa shape index (κ3) is 4.61. The van der Waals surface area contributed by atoms with Crippen LogP contribution in [0.15, 0.2) is 0 Å². The first kappa shape index (κ1) is 13.0. The molecule has 0 spiro atoms. The van der Waals surface area contributed by atoms with E-state index in [1.54, 1.807) is 0 Å². The van der Waals surface area contributed by atoms with E-state index in [9.17, 15) is 9.59 Å². The first-order valence-corrected chi connectivity index (χ1v) is 5.77. The number of carbonyl (C=O) groups is 2. The van der Waals surface area contributed by atoms with Gasteiger partial charge in [0.15, 0.2) is 0 Å². The molecule has 2 heterocycles. The summed E-state index contributed by atoms with van der Waals surface area (Å²) in [7, 11) is 0. The van der Waals surface area contributed by atoms with E-state index in [1.165, 1.54) is 0 Å². The Morgan fingerprint density at radius 3 is 2.38 bits per heavy atom. The Morgan fingerprint density at radius 1 is 1.56 bits per heavy atom. The average molecular weight is 228 g/mol. The molecule has 0 aromatic rings. The number of hydrogen-bond acceptors (Lipinski definition) is 3. The van der Waals surface area contributed by atoms with Gasteiger partial charge in [0.25, 0.3) is 0 Å². The minimum absolute atomic E-state index is 0.204. The van der Waals surface area contributed by atoms with Gasteiger partial charge < -0.3 is 15.7 Å².